The Morgan fingerprint density at radius 1 is 1.14 bits per heavy atom. The molecule has 37 heavy (non-hydrogen) atoms. The first kappa shape index (κ1) is 26.0. The maximum Gasteiger partial charge on any atom is 0.321 e. The average molecular weight is 522 g/mol. The number of pyridine rings is 1. The number of hydrogen-bond donors (Lipinski definition) is 1. The average Bonchev–Trinajstić information content (AvgIpc) is 3.12. The van der Waals surface area contributed by atoms with Crippen LogP contribution >= 0.6 is 11.8 Å². The van der Waals surface area contributed by atoms with Gasteiger partial charge in [-0.1, -0.05) is 36.8 Å². The van der Waals surface area contributed by atoms with E-state index < -0.39 is 0 Å². The van der Waals surface area contributed by atoms with E-state index in [1.807, 2.05) is 18.4 Å². The van der Waals surface area contributed by atoms with Gasteiger partial charge in [0.25, 0.3) is 0 Å². The van der Waals surface area contributed by atoms with Crippen molar-refractivity contribution in [2.24, 2.45) is 5.92 Å². The zero-order valence-electron chi connectivity index (χ0n) is 22.3. The number of aromatic nitrogens is 1. The number of nitrogens with one attached hydrogen (secondary N) is 1. The molecule has 3 amide bonds. The molecule has 0 atom stereocenters. The van der Waals surface area contributed by atoms with Gasteiger partial charge < -0.3 is 15.1 Å². The van der Waals surface area contributed by atoms with E-state index >= 15 is 0 Å². The first-order valence-electron chi connectivity index (χ1n) is 13.4. The summed E-state index contributed by atoms with van der Waals surface area (Å²) in [4.78, 5) is 38.3. The third kappa shape index (κ3) is 5.10. The third-order valence-corrected chi connectivity index (χ3v) is 9.69. The number of thioether (sulfide) groups is 1. The molecule has 2 aliphatic carbocycles. The van der Waals surface area contributed by atoms with Gasteiger partial charge in [-0.2, -0.15) is 0 Å². The van der Waals surface area contributed by atoms with Gasteiger partial charge in [0.15, 0.2) is 0 Å². The molecular weight excluding hydrogens is 482 g/mol. The first-order valence-corrected chi connectivity index (χ1v) is 14.7. The zero-order chi connectivity index (χ0) is 26.0. The lowest BCUT2D eigenvalue weighted by molar-refractivity contribution is -0.116. The molecule has 2 heterocycles. The number of rotatable bonds is 8. The fourth-order valence-corrected chi connectivity index (χ4v) is 6.90. The molecule has 1 aliphatic heterocycles. The van der Waals surface area contributed by atoms with Crippen molar-refractivity contribution >= 4 is 29.5 Å². The maximum atomic E-state index is 13.8. The van der Waals surface area contributed by atoms with Gasteiger partial charge in [-0.3, -0.25) is 9.69 Å². The molecule has 7 nitrogen and oxygen atoms in total. The van der Waals surface area contributed by atoms with Crippen LogP contribution in [0, 0.1) is 5.92 Å². The lowest BCUT2D eigenvalue weighted by Gasteiger charge is -2.51. The highest BCUT2D eigenvalue weighted by Gasteiger charge is 2.55. The Bertz CT molecular complexity index is 1110. The quantitative estimate of drug-likeness (QED) is 0.493. The molecule has 0 unspecified atom stereocenters. The van der Waals surface area contributed by atoms with Gasteiger partial charge in [0.05, 0.1) is 5.54 Å². The standard InChI is InChI=1S/C29H39N5O2S/c1-32(2)29(23-10-5-4-6-11-23)15-13-28(14-16-29)21-33(27(36)34(28)19-22-8-7-9-22)20-26(35)31-25-18-24(37-3)12-17-30-25/h4-6,10-12,17-18,22H,7-9,13-16,19-21H2,1-3H3,(H,30,31,35)/t28-,29-. The van der Waals surface area contributed by atoms with Crippen LogP contribution < -0.4 is 5.32 Å². The van der Waals surface area contributed by atoms with Crippen LogP contribution in [0.25, 0.3) is 0 Å². The number of benzene rings is 1. The summed E-state index contributed by atoms with van der Waals surface area (Å²) in [7, 11) is 4.35. The largest absolute Gasteiger partial charge is 0.321 e. The van der Waals surface area contributed by atoms with Gasteiger partial charge >= 0.3 is 6.03 Å². The molecule has 3 fully saturated rings. The van der Waals surface area contributed by atoms with Gasteiger partial charge in [0.2, 0.25) is 5.91 Å². The van der Waals surface area contributed by atoms with Crippen molar-refractivity contribution in [1.29, 1.82) is 0 Å². The van der Waals surface area contributed by atoms with Gasteiger partial charge in [-0.05, 0) is 82.5 Å². The predicted octanol–water partition coefficient (Wildman–Crippen LogP) is 5.05. The lowest BCUT2D eigenvalue weighted by atomic mass is 9.68. The molecular formula is C29H39N5O2S. The van der Waals surface area contributed by atoms with Crippen LogP contribution in [0.1, 0.15) is 50.5 Å². The van der Waals surface area contributed by atoms with Crippen molar-refractivity contribution in [1.82, 2.24) is 19.7 Å². The summed E-state index contributed by atoms with van der Waals surface area (Å²) in [6.45, 7) is 1.49. The lowest BCUT2D eigenvalue weighted by Crippen LogP contribution is -2.56. The van der Waals surface area contributed by atoms with Crippen molar-refractivity contribution in [3.8, 4) is 0 Å². The number of hydrogen-bond acceptors (Lipinski definition) is 5. The van der Waals surface area contributed by atoms with Crippen LogP contribution in [-0.2, 0) is 10.3 Å². The summed E-state index contributed by atoms with van der Waals surface area (Å²) in [6.07, 6.45) is 11.2. The topological polar surface area (TPSA) is 68.8 Å². The number of carbonyl (C=O) groups is 2. The highest BCUT2D eigenvalue weighted by molar-refractivity contribution is 7.98. The molecule has 5 rings (SSSR count). The van der Waals surface area contributed by atoms with Crippen LogP contribution in [0.5, 0.6) is 0 Å². The van der Waals surface area contributed by atoms with E-state index in [4.69, 9.17) is 0 Å². The third-order valence-electron chi connectivity index (χ3n) is 8.97. The Balaban J connectivity index is 1.33. The minimum Gasteiger partial charge on any atom is -0.317 e. The maximum absolute atomic E-state index is 13.8. The van der Waals surface area contributed by atoms with Gasteiger partial charge in [-0.25, -0.2) is 9.78 Å². The van der Waals surface area contributed by atoms with Gasteiger partial charge in [0.1, 0.15) is 12.4 Å². The van der Waals surface area contributed by atoms with E-state index in [-0.39, 0.29) is 29.6 Å². The molecule has 1 aromatic heterocycles. The van der Waals surface area contributed by atoms with Crippen molar-refractivity contribution in [3.05, 3.63) is 54.2 Å². The van der Waals surface area contributed by atoms with Crippen LogP contribution in [-0.4, -0.2) is 77.1 Å². The zero-order valence-corrected chi connectivity index (χ0v) is 23.1. The van der Waals surface area contributed by atoms with E-state index in [0.29, 0.717) is 18.3 Å². The Morgan fingerprint density at radius 3 is 2.49 bits per heavy atom. The second kappa shape index (κ2) is 10.7. The van der Waals surface area contributed by atoms with E-state index in [2.05, 4.69) is 64.5 Å². The highest BCUT2D eigenvalue weighted by atomic mass is 32.2. The molecule has 198 valence electrons. The van der Waals surface area contributed by atoms with Crippen molar-refractivity contribution < 1.29 is 9.59 Å². The van der Waals surface area contributed by atoms with E-state index in [0.717, 1.165) is 37.1 Å². The second-order valence-corrected chi connectivity index (χ2v) is 12.1. The Hall–Kier alpha value is -2.58. The molecule has 1 spiro atoms. The Labute approximate surface area is 225 Å². The number of nitrogens with zero attached hydrogens (tertiary/aromatic N) is 4. The summed E-state index contributed by atoms with van der Waals surface area (Å²) in [5, 5.41) is 2.90. The van der Waals surface area contributed by atoms with E-state index in [1.165, 1.54) is 24.8 Å². The smallest absolute Gasteiger partial charge is 0.317 e. The van der Waals surface area contributed by atoms with Gasteiger partial charge in [0, 0.05) is 29.7 Å². The Kier molecular flexibility index (Phi) is 7.50. The van der Waals surface area contributed by atoms with Crippen LogP contribution in [0.2, 0.25) is 0 Å². The highest BCUT2D eigenvalue weighted by Crippen LogP contribution is 2.49. The summed E-state index contributed by atoms with van der Waals surface area (Å²) in [6, 6.07) is 14.6. The molecule has 0 radical (unpaired) electrons. The van der Waals surface area contributed by atoms with Gasteiger partial charge in [-0.15, -0.1) is 11.8 Å². The minimum absolute atomic E-state index is 0.0185. The monoisotopic (exact) mass is 521 g/mol. The summed E-state index contributed by atoms with van der Waals surface area (Å²) < 4.78 is 0. The van der Waals surface area contributed by atoms with Crippen LogP contribution in [0.4, 0.5) is 10.6 Å². The van der Waals surface area contributed by atoms with Crippen molar-refractivity contribution in [3.63, 3.8) is 0 Å². The molecule has 2 aromatic rings. The number of anilines is 1. The SMILES string of the molecule is CSc1ccnc(NC(=O)CN2C[C@]3(CC[C@@](c4ccccc4)(N(C)C)CC3)N(CC3CCC3)C2=O)c1. The molecule has 0 bridgehead atoms. The molecule has 2 saturated carbocycles. The van der Waals surface area contributed by atoms with Crippen molar-refractivity contribution in [2.75, 3.05) is 45.3 Å². The Morgan fingerprint density at radius 2 is 1.86 bits per heavy atom. The number of urea groups is 1. The number of carbonyl (C=O) groups excluding carboxylic acids is 2. The van der Waals surface area contributed by atoms with Crippen LogP contribution in [0.3, 0.4) is 0 Å². The van der Waals surface area contributed by atoms with E-state index in [9.17, 15) is 9.59 Å². The fourth-order valence-electron chi connectivity index (χ4n) is 6.47. The second-order valence-electron chi connectivity index (χ2n) is 11.2. The molecule has 1 saturated heterocycles. The molecule has 8 heteroatoms. The normalized spacial score (nSPS) is 26.1. The summed E-state index contributed by atoms with van der Waals surface area (Å²) in [5.74, 6) is 0.922. The number of amides is 3. The van der Waals surface area contributed by atoms with Crippen molar-refractivity contribution in [2.45, 2.75) is 60.9 Å². The molecule has 1 N–H and O–H groups in total. The summed E-state index contributed by atoms with van der Waals surface area (Å²) >= 11 is 1.61. The molecule has 3 aliphatic rings. The van der Waals surface area contributed by atoms with Crippen LogP contribution in [0.15, 0.2) is 53.6 Å². The van der Waals surface area contributed by atoms with E-state index in [1.54, 1.807) is 22.9 Å². The minimum atomic E-state index is -0.210. The fraction of sp³-hybridized carbons (Fsp3) is 0.552. The predicted molar refractivity (Wildman–Crippen MR) is 149 cm³/mol. The first-order chi connectivity index (χ1) is 17.8. The summed E-state index contributed by atoms with van der Waals surface area (Å²) in [5.41, 5.74) is 1.11. The molecule has 1 aromatic carbocycles.